The third-order valence-corrected chi connectivity index (χ3v) is 1.57. The van der Waals surface area contributed by atoms with Crippen LogP contribution in [-0.4, -0.2) is 11.5 Å². The van der Waals surface area contributed by atoms with Crippen molar-refractivity contribution in [2.24, 2.45) is 5.73 Å². The zero-order chi connectivity index (χ0) is 10.6. The average Bonchev–Trinajstić information content (AvgIpc) is 2.14. The first-order valence-corrected chi connectivity index (χ1v) is 3.88. The molecule has 0 amide bonds. The number of rotatable bonds is 1. The van der Waals surface area contributed by atoms with Crippen molar-refractivity contribution in [2.75, 3.05) is 12.3 Å². The summed E-state index contributed by atoms with van der Waals surface area (Å²) in [6.45, 7) is 0.159. The van der Waals surface area contributed by atoms with Crippen molar-refractivity contribution in [3.05, 3.63) is 33.9 Å². The molecule has 1 aromatic rings. The highest BCUT2D eigenvalue weighted by atomic mass is 16.6. The maximum absolute atomic E-state index is 10.6. The number of nitro groups is 1. The summed E-state index contributed by atoms with van der Waals surface area (Å²) >= 11 is 0. The molecule has 72 valence electrons. The summed E-state index contributed by atoms with van der Waals surface area (Å²) in [5.41, 5.74) is 10.9. The first kappa shape index (κ1) is 10.0. The lowest BCUT2D eigenvalue weighted by Crippen LogP contribution is -1.99. The third-order valence-electron chi connectivity index (χ3n) is 1.57. The smallest absolute Gasteiger partial charge is 0.307 e. The molecular weight excluding hydrogens is 182 g/mol. The molecule has 4 N–H and O–H groups in total. The van der Waals surface area contributed by atoms with Crippen molar-refractivity contribution in [3.63, 3.8) is 0 Å². The molecule has 0 aliphatic heterocycles. The van der Waals surface area contributed by atoms with E-state index >= 15 is 0 Å². The Labute approximate surface area is 80.9 Å². The van der Waals surface area contributed by atoms with Gasteiger partial charge in [-0.25, -0.2) is 0 Å². The molecule has 0 bridgehead atoms. The fraction of sp³-hybridized carbons (Fsp3) is 0.111. The Morgan fingerprint density at radius 1 is 1.50 bits per heavy atom. The highest BCUT2D eigenvalue weighted by molar-refractivity contribution is 5.66. The Morgan fingerprint density at radius 2 is 2.21 bits per heavy atom. The van der Waals surface area contributed by atoms with E-state index in [1.165, 1.54) is 12.1 Å². The summed E-state index contributed by atoms with van der Waals surface area (Å²) < 4.78 is 0. The van der Waals surface area contributed by atoms with Crippen molar-refractivity contribution < 1.29 is 4.92 Å². The molecule has 1 rings (SSSR count). The van der Waals surface area contributed by atoms with Crippen LogP contribution >= 0.6 is 0 Å². The number of hydrogen-bond acceptors (Lipinski definition) is 4. The molecule has 5 heteroatoms. The summed E-state index contributed by atoms with van der Waals surface area (Å²) in [6.07, 6.45) is 0. The first-order valence-electron chi connectivity index (χ1n) is 3.88. The summed E-state index contributed by atoms with van der Waals surface area (Å²) in [7, 11) is 0. The van der Waals surface area contributed by atoms with Gasteiger partial charge >= 0.3 is 5.69 Å². The van der Waals surface area contributed by atoms with Crippen LogP contribution in [0.5, 0.6) is 0 Å². The summed E-state index contributed by atoms with van der Waals surface area (Å²) in [6, 6.07) is 4.62. The Bertz CT molecular complexity index is 418. The number of nitrogens with two attached hydrogens (primary N) is 2. The standard InChI is InChI=1S/C9H9N3O2/c10-6-2-4-7-3-1-5-8(11)9(7)12(13)14/h1,3,5H,6,10-11H2. The van der Waals surface area contributed by atoms with E-state index in [1.807, 2.05) is 0 Å². The minimum absolute atomic E-state index is 0.110. The minimum atomic E-state index is -0.546. The van der Waals surface area contributed by atoms with Gasteiger partial charge in [0, 0.05) is 0 Å². The highest BCUT2D eigenvalue weighted by Gasteiger charge is 2.15. The largest absolute Gasteiger partial charge is 0.393 e. The molecule has 0 atom stereocenters. The molecular formula is C9H9N3O2. The maximum atomic E-state index is 10.6. The van der Waals surface area contributed by atoms with Crippen LogP contribution in [0.2, 0.25) is 0 Å². The van der Waals surface area contributed by atoms with E-state index in [2.05, 4.69) is 11.8 Å². The van der Waals surface area contributed by atoms with Crippen LogP contribution in [0.1, 0.15) is 5.56 Å². The van der Waals surface area contributed by atoms with Gasteiger partial charge in [0.2, 0.25) is 0 Å². The Kier molecular flexibility index (Phi) is 3.05. The summed E-state index contributed by atoms with van der Waals surface area (Å²) in [5.74, 6) is 5.14. The van der Waals surface area contributed by atoms with E-state index in [4.69, 9.17) is 11.5 Å². The lowest BCUT2D eigenvalue weighted by atomic mass is 10.1. The predicted molar refractivity (Wildman–Crippen MR) is 53.4 cm³/mol. The first-order chi connectivity index (χ1) is 6.66. The quantitative estimate of drug-likeness (QED) is 0.292. The van der Waals surface area contributed by atoms with Gasteiger partial charge in [0.05, 0.1) is 11.5 Å². The van der Waals surface area contributed by atoms with Gasteiger partial charge in [-0.05, 0) is 12.1 Å². The van der Waals surface area contributed by atoms with Gasteiger partial charge in [-0.2, -0.15) is 0 Å². The number of nitrogens with zero attached hydrogens (tertiary/aromatic N) is 1. The van der Waals surface area contributed by atoms with Gasteiger partial charge in [-0.15, -0.1) is 0 Å². The van der Waals surface area contributed by atoms with Crippen LogP contribution in [0.3, 0.4) is 0 Å². The van der Waals surface area contributed by atoms with Gasteiger partial charge in [-0.3, -0.25) is 10.1 Å². The van der Waals surface area contributed by atoms with Crippen molar-refractivity contribution in [1.82, 2.24) is 0 Å². The number of benzene rings is 1. The zero-order valence-corrected chi connectivity index (χ0v) is 7.36. The highest BCUT2D eigenvalue weighted by Crippen LogP contribution is 2.24. The van der Waals surface area contributed by atoms with E-state index < -0.39 is 4.92 Å². The van der Waals surface area contributed by atoms with Crippen molar-refractivity contribution in [1.29, 1.82) is 0 Å². The molecule has 14 heavy (non-hydrogen) atoms. The molecule has 0 saturated heterocycles. The predicted octanol–water partition coefficient (Wildman–Crippen LogP) is 0.487. The molecule has 1 aromatic carbocycles. The van der Waals surface area contributed by atoms with E-state index in [9.17, 15) is 10.1 Å². The van der Waals surface area contributed by atoms with Crippen LogP contribution < -0.4 is 11.5 Å². The number of nitrogen functional groups attached to an aromatic ring is 1. The third kappa shape index (κ3) is 2.00. The Hall–Kier alpha value is -2.06. The minimum Gasteiger partial charge on any atom is -0.393 e. The lowest BCUT2D eigenvalue weighted by Gasteiger charge is -1.98. The van der Waals surface area contributed by atoms with Crippen molar-refractivity contribution >= 4 is 11.4 Å². The fourth-order valence-electron chi connectivity index (χ4n) is 1.01. The average molecular weight is 191 g/mol. The molecule has 0 fully saturated rings. The number of anilines is 1. The fourth-order valence-corrected chi connectivity index (χ4v) is 1.01. The second-order valence-corrected chi connectivity index (χ2v) is 2.51. The molecule has 0 aromatic heterocycles. The van der Waals surface area contributed by atoms with E-state index in [0.29, 0.717) is 5.56 Å². The molecule has 0 unspecified atom stereocenters. The normalized spacial score (nSPS) is 8.93. The number of para-hydroxylation sites is 1. The van der Waals surface area contributed by atoms with Crippen molar-refractivity contribution in [3.8, 4) is 11.8 Å². The van der Waals surface area contributed by atoms with Crippen LogP contribution in [-0.2, 0) is 0 Å². The van der Waals surface area contributed by atoms with Crippen LogP contribution in [0.25, 0.3) is 0 Å². The SMILES string of the molecule is NCC#Cc1cccc(N)c1[N+](=O)[O-]. The molecule has 5 nitrogen and oxygen atoms in total. The lowest BCUT2D eigenvalue weighted by molar-refractivity contribution is -0.384. The van der Waals surface area contributed by atoms with Crippen LogP contribution in [0.4, 0.5) is 11.4 Å². The Balaban J connectivity index is 3.28. The topological polar surface area (TPSA) is 95.2 Å². The van der Waals surface area contributed by atoms with Crippen molar-refractivity contribution in [2.45, 2.75) is 0 Å². The second-order valence-electron chi connectivity index (χ2n) is 2.51. The maximum Gasteiger partial charge on any atom is 0.307 e. The number of hydrogen-bond donors (Lipinski definition) is 2. The van der Waals surface area contributed by atoms with Gasteiger partial charge in [0.1, 0.15) is 11.3 Å². The second kappa shape index (κ2) is 4.25. The molecule has 0 saturated carbocycles. The van der Waals surface area contributed by atoms with E-state index in [1.54, 1.807) is 6.07 Å². The van der Waals surface area contributed by atoms with E-state index in [0.717, 1.165) is 0 Å². The van der Waals surface area contributed by atoms with Crippen LogP contribution in [0, 0.1) is 22.0 Å². The molecule has 0 aliphatic rings. The zero-order valence-electron chi connectivity index (χ0n) is 7.36. The molecule has 0 spiro atoms. The summed E-state index contributed by atoms with van der Waals surface area (Å²) in [4.78, 5) is 10.1. The van der Waals surface area contributed by atoms with E-state index in [-0.39, 0.29) is 17.9 Å². The van der Waals surface area contributed by atoms with Gasteiger partial charge in [0.25, 0.3) is 0 Å². The molecule has 0 heterocycles. The Morgan fingerprint density at radius 3 is 2.79 bits per heavy atom. The van der Waals surface area contributed by atoms with Gasteiger partial charge < -0.3 is 11.5 Å². The number of nitro benzene ring substituents is 1. The van der Waals surface area contributed by atoms with Gasteiger partial charge in [0.15, 0.2) is 0 Å². The van der Waals surface area contributed by atoms with Gasteiger partial charge in [-0.1, -0.05) is 17.9 Å². The monoisotopic (exact) mass is 191 g/mol. The molecule has 0 radical (unpaired) electrons. The van der Waals surface area contributed by atoms with Crippen LogP contribution in [0.15, 0.2) is 18.2 Å². The summed E-state index contributed by atoms with van der Waals surface area (Å²) in [5, 5.41) is 10.6. The molecule has 0 aliphatic carbocycles.